The van der Waals surface area contributed by atoms with E-state index in [1.54, 1.807) is 0 Å². The van der Waals surface area contributed by atoms with Crippen molar-refractivity contribution in [2.24, 2.45) is 11.7 Å². The van der Waals surface area contributed by atoms with Crippen molar-refractivity contribution in [1.82, 2.24) is 0 Å². The molecule has 1 atom stereocenters. The second-order valence-electron chi connectivity index (χ2n) is 4.34. The Morgan fingerprint density at radius 3 is 2.87 bits per heavy atom. The average Bonchev–Trinajstić information content (AvgIpc) is 2.77. The van der Waals surface area contributed by atoms with E-state index in [2.05, 4.69) is 36.1 Å². The molecule has 0 aliphatic carbocycles. The van der Waals surface area contributed by atoms with Crippen LogP contribution in [-0.4, -0.2) is 13.1 Å². The highest BCUT2D eigenvalue weighted by Gasteiger charge is 2.22. The molecule has 0 bridgehead atoms. The third-order valence-electron chi connectivity index (χ3n) is 3.42. The minimum atomic E-state index is 0.642. The Balaban J connectivity index is 2.16. The molecular weight excluding hydrogens is 184 g/mol. The summed E-state index contributed by atoms with van der Waals surface area (Å²) in [5, 5.41) is 0. The van der Waals surface area contributed by atoms with E-state index in [-0.39, 0.29) is 0 Å². The van der Waals surface area contributed by atoms with Gasteiger partial charge in [0, 0.05) is 25.3 Å². The van der Waals surface area contributed by atoms with E-state index in [1.807, 2.05) is 0 Å². The molecule has 0 spiro atoms. The van der Waals surface area contributed by atoms with Gasteiger partial charge in [-0.15, -0.1) is 0 Å². The van der Waals surface area contributed by atoms with Gasteiger partial charge in [0.1, 0.15) is 0 Å². The molecule has 1 fully saturated rings. The van der Waals surface area contributed by atoms with E-state index < -0.39 is 0 Å². The maximum atomic E-state index is 5.76. The van der Waals surface area contributed by atoms with Crippen molar-refractivity contribution in [3.05, 3.63) is 29.8 Å². The van der Waals surface area contributed by atoms with E-state index in [0.717, 1.165) is 5.92 Å². The number of hydrogen-bond donors (Lipinski definition) is 1. The lowest BCUT2D eigenvalue weighted by molar-refractivity contribution is 0.569. The lowest BCUT2D eigenvalue weighted by Gasteiger charge is -2.21. The number of nitrogens with zero attached hydrogens (tertiary/aromatic N) is 1. The number of rotatable bonds is 3. The van der Waals surface area contributed by atoms with Crippen molar-refractivity contribution in [1.29, 1.82) is 0 Å². The molecule has 1 heterocycles. The number of hydrogen-bond acceptors (Lipinski definition) is 2. The average molecular weight is 204 g/mol. The summed E-state index contributed by atoms with van der Waals surface area (Å²) < 4.78 is 0. The highest BCUT2D eigenvalue weighted by Crippen LogP contribution is 2.27. The van der Waals surface area contributed by atoms with E-state index in [9.17, 15) is 0 Å². The Hall–Kier alpha value is -1.02. The summed E-state index contributed by atoms with van der Waals surface area (Å²) in [6.07, 6.45) is 2.62. The smallest absolute Gasteiger partial charge is 0.0411 e. The van der Waals surface area contributed by atoms with Crippen LogP contribution in [0.3, 0.4) is 0 Å². The monoisotopic (exact) mass is 204 g/mol. The molecule has 82 valence electrons. The summed E-state index contributed by atoms with van der Waals surface area (Å²) >= 11 is 0. The molecule has 1 aromatic carbocycles. The minimum Gasteiger partial charge on any atom is -0.371 e. The summed E-state index contributed by atoms with van der Waals surface area (Å²) in [5.41, 5.74) is 8.37. The quantitative estimate of drug-likeness (QED) is 0.819. The topological polar surface area (TPSA) is 29.3 Å². The Bertz CT molecular complexity index is 322. The summed E-state index contributed by atoms with van der Waals surface area (Å²) in [4.78, 5) is 2.48. The Kier molecular flexibility index (Phi) is 3.27. The predicted molar refractivity (Wildman–Crippen MR) is 64.9 cm³/mol. The fourth-order valence-corrected chi connectivity index (χ4v) is 2.38. The van der Waals surface area contributed by atoms with Crippen LogP contribution in [0, 0.1) is 5.92 Å². The lowest BCUT2D eigenvalue weighted by Crippen LogP contribution is -2.21. The van der Waals surface area contributed by atoms with Crippen LogP contribution in [0.2, 0.25) is 0 Å². The summed E-state index contributed by atoms with van der Waals surface area (Å²) in [7, 11) is 0. The zero-order chi connectivity index (χ0) is 10.7. The van der Waals surface area contributed by atoms with Gasteiger partial charge in [0.25, 0.3) is 0 Å². The Labute approximate surface area is 92.1 Å². The van der Waals surface area contributed by atoms with Gasteiger partial charge in [0.05, 0.1) is 0 Å². The van der Waals surface area contributed by atoms with Crippen LogP contribution in [0.15, 0.2) is 24.3 Å². The SMILES string of the molecule is CCC1CCN(c2ccccc2CN)C1. The molecular formula is C13H20N2. The highest BCUT2D eigenvalue weighted by molar-refractivity contribution is 5.54. The van der Waals surface area contributed by atoms with Crippen molar-refractivity contribution < 1.29 is 0 Å². The summed E-state index contributed by atoms with van der Waals surface area (Å²) in [6.45, 7) is 5.31. The molecule has 2 nitrogen and oxygen atoms in total. The van der Waals surface area contributed by atoms with Crippen LogP contribution in [0.25, 0.3) is 0 Å². The van der Waals surface area contributed by atoms with Crippen molar-refractivity contribution in [2.45, 2.75) is 26.3 Å². The maximum Gasteiger partial charge on any atom is 0.0411 e. The van der Waals surface area contributed by atoms with Crippen LogP contribution in [0.5, 0.6) is 0 Å². The largest absolute Gasteiger partial charge is 0.371 e. The maximum absolute atomic E-state index is 5.76. The second kappa shape index (κ2) is 4.67. The Morgan fingerprint density at radius 1 is 1.40 bits per heavy atom. The van der Waals surface area contributed by atoms with Crippen LogP contribution in [-0.2, 0) is 6.54 Å². The minimum absolute atomic E-state index is 0.642. The van der Waals surface area contributed by atoms with Crippen LogP contribution in [0.4, 0.5) is 5.69 Å². The van der Waals surface area contributed by atoms with Gasteiger partial charge in [0.15, 0.2) is 0 Å². The van der Waals surface area contributed by atoms with Gasteiger partial charge < -0.3 is 10.6 Å². The van der Waals surface area contributed by atoms with Crippen molar-refractivity contribution in [3.8, 4) is 0 Å². The number of para-hydroxylation sites is 1. The number of nitrogens with two attached hydrogens (primary N) is 1. The van der Waals surface area contributed by atoms with Gasteiger partial charge in [-0.25, -0.2) is 0 Å². The normalized spacial score (nSPS) is 20.9. The molecule has 0 radical (unpaired) electrons. The Morgan fingerprint density at radius 2 is 2.20 bits per heavy atom. The van der Waals surface area contributed by atoms with Crippen LogP contribution >= 0.6 is 0 Å². The lowest BCUT2D eigenvalue weighted by atomic mass is 10.1. The number of benzene rings is 1. The number of anilines is 1. The molecule has 1 aliphatic rings. The molecule has 0 saturated carbocycles. The molecule has 1 saturated heterocycles. The van der Waals surface area contributed by atoms with Gasteiger partial charge in [-0.3, -0.25) is 0 Å². The van der Waals surface area contributed by atoms with E-state index in [0.29, 0.717) is 6.54 Å². The van der Waals surface area contributed by atoms with E-state index >= 15 is 0 Å². The molecule has 1 aromatic rings. The van der Waals surface area contributed by atoms with Gasteiger partial charge in [0.2, 0.25) is 0 Å². The predicted octanol–water partition coefficient (Wildman–Crippen LogP) is 2.38. The fraction of sp³-hybridized carbons (Fsp3) is 0.538. The molecule has 2 N–H and O–H groups in total. The third kappa shape index (κ3) is 2.15. The highest BCUT2D eigenvalue weighted by atomic mass is 15.2. The first kappa shape index (κ1) is 10.5. The molecule has 15 heavy (non-hydrogen) atoms. The molecule has 2 rings (SSSR count). The van der Waals surface area contributed by atoms with Crippen LogP contribution < -0.4 is 10.6 Å². The van der Waals surface area contributed by atoms with Gasteiger partial charge in [-0.05, 0) is 24.0 Å². The third-order valence-corrected chi connectivity index (χ3v) is 3.42. The first-order chi connectivity index (χ1) is 7.35. The van der Waals surface area contributed by atoms with Crippen LogP contribution in [0.1, 0.15) is 25.3 Å². The zero-order valence-electron chi connectivity index (χ0n) is 9.45. The summed E-state index contributed by atoms with van der Waals surface area (Å²) in [5.74, 6) is 0.871. The van der Waals surface area contributed by atoms with Crippen molar-refractivity contribution in [2.75, 3.05) is 18.0 Å². The zero-order valence-corrected chi connectivity index (χ0v) is 9.45. The standard InChI is InChI=1S/C13H20N2/c1-2-11-7-8-15(10-11)13-6-4-3-5-12(13)9-14/h3-6,11H,2,7-10,14H2,1H3. The molecule has 1 aliphatic heterocycles. The fourth-order valence-electron chi connectivity index (χ4n) is 2.38. The first-order valence-corrected chi connectivity index (χ1v) is 5.88. The molecule has 0 amide bonds. The first-order valence-electron chi connectivity index (χ1n) is 5.88. The molecule has 1 unspecified atom stereocenters. The van der Waals surface area contributed by atoms with Gasteiger partial charge >= 0.3 is 0 Å². The van der Waals surface area contributed by atoms with E-state index in [4.69, 9.17) is 5.73 Å². The summed E-state index contributed by atoms with van der Waals surface area (Å²) in [6, 6.07) is 8.50. The molecule has 2 heteroatoms. The molecule has 0 aromatic heterocycles. The van der Waals surface area contributed by atoms with Gasteiger partial charge in [-0.2, -0.15) is 0 Å². The van der Waals surface area contributed by atoms with Gasteiger partial charge in [-0.1, -0.05) is 31.5 Å². The second-order valence-corrected chi connectivity index (χ2v) is 4.34. The van der Waals surface area contributed by atoms with E-state index in [1.165, 1.54) is 37.2 Å². The van der Waals surface area contributed by atoms with Crippen molar-refractivity contribution >= 4 is 5.69 Å². The van der Waals surface area contributed by atoms with Crippen molar-refractivity contribution in [3.63, 3.8) is 0 Å².